The summed E-state index contributed by atoms with van der Waals surface area (Å²) in [5, 5.41) is 11.0. The molecule has 7 nitrogen and oxygen atoms in total. The van der Waals surface area contributed by atoms with Crippen LogP contribution in [0.4, 0.5) is 24.5 Å². The number of amides is 2. The van der Waals surface area contributed by atoms with Crippen molar-refractivity contribution in [3.05, 3.63) is 69.8 Å². The number of anilines is 1. The molecule has 2 amide bonds. The fourth-order valence-corrected chi connectivity index (χ4v) is 5.44. The zero-order valence-electron chi connectivity index (χ0n) is 16.7. The van der Waals surface area contributed by atoms with Gasteiger partial charge in [-0.05, 0) is 37.1 Å². The van der Waals surface area contributed by atoms with Crippen LogP contribution in [0.1, 0.15) is 28.8 Å². The number of nitro groups is 1. The number of halogens is 3. The molecule has 168 valence electrons. The van der Waals surface area contributed by atoms with Gasteiger partial charge in [0.25, 0.3) is 11.6 Å². The van der Waals surface area contributed by atoms with Crippen LogP contribution in [0.3, 0.4) is 0 Å². The van der Waals surface area contributed by atoms with Crippen LogP contribution in [0, 0.1) is 10.1 Å². The van der Waals surface area contributed by atoms with E-state index in [1.807, 2.05) is 0 Å². The van der Waals surface area contributed by atoms with Crippen LogP contribution >= 0.6 is 11.8 Å². The van der Waals surface area contributed by atoms with Gasteiger partial charge in [-0.25, -0.2) is 0 Å². The lowest BCUT2D eigenvalue weighted by atomic mass is 9.99. The number of hydrogen-bond acceptors (Lipinski definition) is 5. The fraction of sp³-hybridized carbons (Fsp3) is 0.333. The molecule has 2 fully saturated rings. The summed E-state index contributed by atoms with van der Waals surface area (Å²) < 4.78 is 39.5. The van der Waals surface area contributed by atoms with Crippen molar-refractivity contribution in [2.75, 3.05) is 23.7 Å². The molecule has 0 atom stereocenters. The van der Waals surface area contributed by atoms with Crippen LogP contribution in [0.25, 0.3) is 0 Å². The van der Waals surface area contributed by atoms with Gasteiger partial charge in [-0.2, -0.15) is 13.2 Å². The molecule has 0 radical (unpaired) electrons. The smallest absolute Gasteiger partial charge is 0.338 e. The lowest BCUT2D eigenvalue weighted by molar-refractivity contribution is -0.384. The van der Waals surface area contributed by atoms with Gasteiger partial charge in [0.05, 0.1) is 21.1 Å². The second-order valence-electron chi connectivity index (χ2n) is 7.61. The minimum atomic E-state index is -4.52. The third-order valence-corrected chi connectivity index (χ3v) is 7.21. The number of non-ortho nitro benzene ring substituents is 1. The zero-order chi connectivity index (χ0) is 23.1. The van der Waals surface area contributed by atoms with Gasteiger partial charge in [-0.1, -0.05) is 12.1 Å². The highest BCUT2D eigenvalue weighted by Gasteiger charge is 2.49. The first-order chi connectivity index (χ1) is 15.1. The molecule has 2 saturated heterocycles. The predicted molar refractivity (Wildman–Crippen MR) is 112 cm³/mol. The predicted octanol–water partition coefficient (Wildman–Crippen LogP) is 4.33. The van der Waals surface area contributed by atoms with Crippen LogP contribution in [0.5, 0.6) is 0 Å². The van der Waals surface area contributed by atoms with Crippen LogP contribution in [0.15, 0.2) is 48.5 Å². The van der Waals surface area contributed by atoms with E-state index in [1.54, 1.807) is 4.90 Å². The van der Waals surface area contributed by atoms with Crippen molar-refractivity contribution in [1.29, 1.82) is 0 Å². The summed E-state index contributed by atoms with van der Waals surface area (Å²) in [6.45, 7) is 0.550. The van der Waals surface area contributed by atoms with Gasteiger partial charge in [-0.3, -0.25) is 24.6 Å². The maximum Gasteiger partial charge on any atom is 0.416 e. The first kappa shape index (κ1) is 22.1. The van der Waals surface area contributed by atoms with Crippen molar-refractivity contribution < 1.29 is 27.7 Å². The van der Waals surface area contributed by atoms with Crippen molar-refractivity contribution in [1.82, 2.24) is 4.90 Å². The van der Waals surface area contributed by atoms with E-state index >= 15 is 0 Å². The van der Waals surface area contributed by atoms with E-state index in [1.165, 1.54) is 53.1 Å². The maximum atomic E-state index is 13.2. The molecule has 0 saturated carbocycles. The van der Waals surface area contributed by atoms with E-state index in [0.717, 1.165) is 12.1 Å². The van der Waals surface area contributed by atoms with E-state index < -0.39 is 21.5 Å². The molecule has 11 heteroatoms. The first-order valence-electron chi connectivity index (χ1n) is 9.79. The number of benzene rings is 2. The number of piperidine rings is 1. The monoisotopic (exact) mass is 465 g/mol. The Hall–Kier alpha value is -3.08. The number of hydrogen-bond donors (Lipinski definition) is 0. The van der Waals surface area contributed by atoms with Gasteiger partial charge in [0.2, 0.25) is 5.91 Å². The Labute approximate surface area is 185 Å². The molecule has 0 unspecified atom stereocenters. The Kier molecular flexibility index (Phi) is 5.61. The average Bonchev–Trinajstić information content (AvgIpc) is 3.08. The topological polar surface area (TPSA) is 83.8 Å². The largest absolute Gasteiger partial charge is 0.416 e. The number of likely N-dealkylation sites (tertiary alicyclic amines) is 1. The molecule has 2 heterocycles. The highest BCUT2D eigenvalue weighted by atomic mass is 32.2. The highest BCUT2D eigenvalue weighted by molar-refractivity contribution is 8.02. The fourth-order valence-electron chi connectivity index (χ4n) is 4.12. The highest BCUT2D eigenvalue weighted by Crippen LogP contribution is 2.47. The van der Waals surface area contributed by atoms with Crippen molar-refractivity contribution >= 4 is 35.0 Å². The molecule has 0 aromatic heterocycles. The van der Waals surface area contributed by atoms with Gasteiger partial charge in [0.15, 0.2) is 0 Å². The number of nitro benzene ring substituents is 1. The number of rotatable bonds is 3. The van der Waals surface area contributed by atoms with E-state index in [0.29, 0.717) is 12.8 Å². The number of alkyl halides is 3. The molecule has 2 aromatic carbocycles. The first-order valence-corrected chi connectivity index (χ1v) is 10.8. The molecule has 0 N–H and O–H groups in total. The Balaban J connectivity index is 1.54. The number of nitrogens with zero attached hydrogens (tertiary/aromatic N) is 3. The Morgan fingerprint density at radius 3 is 2.44 bits per heavy atom. The van der Waals surface area contributed by atoms with Crippen LogP contribution in [0.2, 0.25) is 0 Å². The second-order valence-corrected chi connectivity index (χ2v) is 8.95. The molecule has 1 spiro atoms. The maximum absolute atomic E-state index is 13.2. The standard InChI is InChI=1S/C21H18F3N3O4S/c22-21(23,24)15-4-2-5-16(12-15)26-18(28)13-32-20(26)7-9-25(10-8-20)19(29)14-3-1-6-17(11-14)27(30)31/h1-6,11-12H,7-10,13H2. The second kappa shape index (κ2) is 8.12. The molecule has 2 aliphatic heterocycles. The lowest BCUT2D eigenvalue weighted by Gasteiger charge is -2.44. The molecule has 0 aliphatic carbocycles. The summed E-state index contributed by atoms with van der Waals surface area (Å²) in [6, 6.07) is 10.2. The van der Waals surface area contributed by atoms with Gasteiger partial charge in [0, 0.05) is 36.5 Å². The average molecular weight is 465 g/mol. The van der Waals surface area contributed by atoms with Crippen molar-refractivity contribution in [2.24, 2.45) is 0 Å². The summed E-state index contributed by atoms with van der Waals surface area (Å²) in [5.74, 6) is -0.481. The van der Waals surface area contributed by atoms with Crippen molar-refractivity contribution in [2.45, 2.75) is 23.9 Å². The number of carbonyl (C=O) groups excluding carboxylic acids is 2. The number of carbonyl (C=O) groups is 2. The summed E-state index contributed by atoms with van der Waals surface area (Å²) >= 11 is 1.37. The van der Waals surface area contributed by atoms with Crippen molar-refractivity contribution in [3.8, 4) is 0 Å². The summed E-state index contributed by atoms with van der Waals surface area (Å²) in [6.07, 6.45) is -3.77. The molecule has 2 aromatic rings. The minimum absolute atomic E-state index is 0.148. The Morgan fingerprint density at radius 1 is 1.09 bits per heavy atom. The summed E-state index contributed by atoms with van der Waals surface area (Å²) in [5.41, 5.74) is -0.626. The van der Waals surface area contributed by atoms with Gasteiger partial charge >= 0.3 is 6.18 Å². The van der Waals surface area contributed by atoms with Gasteiger partial charge in [-0.15, -0.1) is 11.8 Å². The van der Waals surface area contributed by atoms with Gasteiger partial charge < -0.3 is 4.90 Å². The Bertz CT molecular complexity index is 1080. The molecular formula is C21H18F3N3O4S. The van der Waals surface area contributed by atoms with Crippen LogP contribution < -0.4 is 4.90 Å². The normalized spacial score (nSPS) is 18.3. The Morgan fingerprint density at radius 2 is 1.78 bits per heavy atom. The molecule has 2 aliphatic rings. The third-order valence-electron chi connectivity index (χ3n) is 5.69. The third kappa shape index (κ3) is 4.04. The van der Waals surface area contributed by atoms with Crippen molar-refractivity contribution in [3.63, 3.8) is 0 Å². The molecule has 32 heavy (non-hydrogen) atoms. The summed E-state index contributed by atoms with van der Waals surface area (Å²) in [4.78, 5) is 38.1. The van der Waals surface area contributed by atoms with E-state index in [4.69, 9.17) is 0 Å². The molecular weight excluding hydrogens is 447 g/mol. The summed E-state index contributed by atoms with van der Waals surface area (Å²) in [7, 11) is 0. The SMILES string of the molecule is O=C(c1cccc([N+](=O)[O-])c1)N1CCC2(CC1)SCC(=O)N2c1cccc(C(F)(F)F)c1. The van der Waals surface area contributed by atoms with Crippen LogP contribution in [-0.4, -0.2) is 45.4 Å². The number of thioether (sulfide) groups is 1. The van der Waals surface area contributed by atoms with E-state index in [9.17, 15) is 32.9 Å². The molecule has 0 bridgehead atoms. The van der Waals surface area contributed by atoms with E-state index in [2.05, 4.69) is 0 Å². The van der Waals surface area contributed by atoms with Crippen LogP contribution in [-0.2, 0) is 11.0 Å². The van der Waals surface area contributed by atoms with E-state index in [-0.39, 0.29) is 47.6 Å². The van der Waals surface area contributed by atoms with Gasteiger partial charge in [0.1, 0.15) is 0 Å². The quantitative estimate of drug-likeness (QED) is 0.498. The lowest BCUT2D eigenvalue weighted by Crippen LogP contribution is -2.53. The zero-order valence-corrected chi connectivity index (χ0v) is 17.5. The minimum Gasteiger partial charge on any atom is -0.338 e. The molecule has 4 rings (SSSR count).